The number of rotatable bonds is 7. The van der Waals surface area contributed by atoms with Gasteiger partial charge >= 0.3 is 0 Å². The number of amides is 1. The molecule has 0 unspecified atom stereocenters. The summed E-state index contributed by atoms with van der Waals surface area (Å²) in [5.74, 6) is -0.364. The minimum Gasteiger partial charge on any atom is -0.383 e. The number of nitrogens with zero attached hydrogens (tertiary/aromatic N) is 1. The molecule has 0 fully saturated rings. The highest BCUT2D eigenvalue weighted by molar-refractivity contribution is 7.92. The van der Waals surface area contributed by atoms with Gasteiger partial charge in [-0.2, -0.15) is 0 Å². The summed E-state index contributed by atoms with van der Waals surface area (Å²) in [4.78, 5) is 12.3. The lowest BCUT2D eigenvalue weighted by molar-refractivity contribution is 0.0905. The number of carbonyl (C=O) groups is 1. The number of hydrogen-bond acceptors (Lipinski definition) is 4. The first-order chi connectivity index (χ1) is 12.3. The van der Waals surface area contributed by atoms with E-state index in [0.29, 0.717) is 17.3 Å². The number of hydrogen-bond donors (Lipinski definition) is 1. The van der Waals surface area contributed by atoms with Gasteiger partial charge in [0.25, 0.3) is 15.9 Å². The lowest BCUT2D eigenvalue weighted by Gasteiger charge is -2.20. The van der Waals surface area contributed by atoms with Crippen LogP contribution in [0, 0.1) is 0 Å². The molecule has 0 aromatic heterocycles. The van der Waals surface area contributed by atoms with Gasteiger partial charge in [0, 0.05) is 30.8 Å². The van der Waals surface area contributed by atoms with E-state index in [1.165, 1.54) is 25.2 Å². The van der Waals surface area contributed by atoms with Gasteiger partial charge in [0.05, 0.1) is 17.2 Å². The summed E-state index contributed by atoms with van der Waals surface area (Å²) >= 11 is 5.94. The first kappa shape index (κ1) is 20.2. The van der Waals surface area contributed by atoms with Crippen molar-refractivity contribution in [3.63, 3.8) is 0 Å². The topological polar surface area (TPSA) is 75.7 Å². The predicted molar refractivity (Wildman–Crippen MR) is 102 cm³/mol. The number of methoxy groups -OCH3 is 1. The van der Waals surface area contributed by atoms with Crippen LogP contribution in [0.5, 0.6) is 0 Å². The van der Waals surface area contributed by atoms with E-state index < -0.39 is 10.0 Å². The number of halogens is 1. The van der Waals surface area contributed by atoms with Gasteiger partial charge in [0.15, 0.2) is 0 Å². The molecule has 1 amide bonds. The lowest BCUT2D eigenvalue weighted by atomic mass is 10.2. The Bertz CT molecular complexity index is 886. The van der Waals surface area contributed by atoms with Crippen LogP contribution in [0.2, 0.25) is 5.02 Å². The van der Waals surface area contributed by atoms with Crippen LogP contribution in [0.1, 0.15) is 17.3 Å². The van der Waals surface area contributed by atoms with Gasteiger partial charge in [-0.25, -0.2) is 8.42 Å². The van der Waals surface area contributed by atoms with Gasteiger partial charge in [-0.1, -0.05) is 23.7 Å². The van der Waals surface area contributed by atoms with E-state index in [9.17, 15) is 13.2 Å². The van der Waals surface area contributed by atoms with Crippen molar-refractivity contribution in [2.24, 2.45) is 0 Å². The quantitative estimate of drug-likeness (QED) is 0.780. The van der Waals surface area contributed by atoms with Gasteiger partial charge in [-0.3, -0.25) is 9.10 Å². The van der Waals surface area contributed by atoms with E-state index in [1.54, 1.807) is 44.4 Å². The fourth-order valence-corrected chi connectivity index (χ4v) is 3.78. The molecular formula is C18H21ClN2O4S. The van der Waals surface area contributed by atoms with E-state index in [2.05, 4.69) is 5.32 Å². The van der Waals surface area contributed by atoms with Crippen molar-refractivity contribution < 1.29 is 17.9 Å². The Morgan fingerprint density at radius 1 is 1.23 bits per heavy atom. The number of benzene rings is 2. The molecule has 6 nitrogen and oxygen atoms in total. The third-order valence-electron chi connectivity index (χ3n) is 3.72. The average molecular weight is 397 g/mol. The monoisotopic (exact) mass is 396 g/mol. The zero-order chi connectivity index (χ0) is 19.3. The Balaban J connectivity index is 2.29. The third-order valence-corrected chi connectivity index (χ3v) is 5.74. The standard InChI is InChI=1S/C18H21ClN2O4S/c1-13(12-25-3)20-18(22)14-6-4-9-17(10-14)26(23,24)21(2)16-8-5-7-15(19)11-16/h4-11,13H,12H2,1-3H3,(H,20,22)/t13-/m1/s1. The minimum absolute atomic E-state index is 0.0204. The van der Waals surface area contributed by atoms with Gasteiger partial charge in [-0.05, 0) is 43.3 Å². The molecule has 1 atom stereocenters. The van der Waals surface area contributed by atoms with Crippen LogP contribution in [0.15, 0.2) is 53.4 Å². The molecule has 0 radical (unpaired) electrons. The molecule has 140 valence electrons. The summed E-state index contributed by atoms with van der Waals surface area (Å²) in [6.45, 7) is 2.16. The molecule has 0 aliphatic heterocycles. The maximum Gasteiger partial charge on any atom is 0.264 e. The second kappa shape index (κ2) is 8.53. The Morgan fingerprint density at radius 2 is 1.92 bits per heavy atom. The van der Waals surface area contributed by atoms with Gasteiger partial charge in [-0.15, -0.1) is 0 Å². The molecule has 0 aliphatic rings. The van der Waals surface area contributed by atoms with Crippen LogP contribution < -0.4 is 9.62 Å². The van der Waals surface area contributed by atoms with E-state index in [1.807, 2.05) is 0 Å². The zero-order valence-electron chi connectivity index (χ0n) is 14.8. The molecule has 2 aromatic rings. The Hall–Kier alpha value is -2.09. The van der Waals surface area contributed by atoms with Crippen LogP contribution in [0.3, 0.4) is 0 Å². The van der Waals surface area contributed by atoms with Gasteiger partial charge in [0.2, 0.25) is 0 Å². The summed E-state index contributed by atoms with van der Waals surface area (Å²) in [5, 5.41) is 3.19. The average Bonchev–Trinajstić information content (AvgIpc) is 2.61. The maximum atomic E-state index is 12.9. The van der Waals surface area contributed by atoms with Gasteiger partial charge < -0.3 is 10.1 Å². The maximum absolute atomic E-state index is 12.9. The predicted octanol–water partition coefficient (Wildman–Crippen LogP) is 2.93. The second-order valence-corrected chi connectivity index (χ2v) is 8.22. The molecule has 0 bridgehead atoms. The zero-order valence-corrected chi connectivity index (χ0v) is 16.3. The molecule has 0 heterocycles. The summed E-state index contributed by atoms with van der Waals surface area (Å²) in [6, 6.07) is 12.2. The smallest absolute Gasteiger partial charge is 0.264 e. The number of anilines is 1. The molecule has 2 aromatic carbocycles. The van der Waals surface area contributed by atoms with Crippen LogP contribution in [0.25, 0.3) is 0 Å². The van der Waals surface area contributed by atoms with Crippen LogP contribution in [-0.2, 0) is 14.8 Å². The molecule has 2 rings (SSSR count). The second-order valence-electron chi connectivity index (χ2n) is 5.81. The van der Waals surface area contributed by atoms with Crippen molar-refractivity contribution in [3.8, 4) is 0 Å². The van der Waals surface area contributed by atoms with Crippen molar-refractivity contribution >= 4 is 33.2 Å². The normalized spacial score (nSPS) is 12.5. The molecule has 0 saturated heterocycles. The molecule has 26 heavy (non-hydrogen) atoms. The summed E-state index contributed by atoms with van der Waals surface area (Å²) < 4.78 is 31.9. The molecule has 0 saturated carbocycles. The third kappa shape index (κ3) is 4.75. The first-order valence-corrected chi connectivity index (χ1v) is 9.72. The summed E-state index contributed by atoms with van der Waals surface area (Å²) in [7, 11) is -0.851. The summed E-state index contributed by atoms with van der Waals surface area (Å²) in [5.41, 5.74) is 0.689. The minimum atomic E-state index is -3.83. The van der Waals surface area contributed by atoms with E-state index in [4.69, 9.17) is 16.3 Å². The van der Waals surface area contributed by atoms with Crippen LogP contribution in [-0.4, -0.2) is 41.1 Å². The highest BCUT2D eigenvalue weighted by atomic mass is 35.5. The SMILES string of the molecule is COC[C@@H](C)NC(=O)c1cccc(S(=O)(=O)N(C)c2cccc(Cl)c2)c1. The number of ether oxygens (including phenoxy) is 1. The highest BCUT2D eigenvalue weighted by Crippen LogP contribution is 2.25. The first-order valence-electron chi connectivity index (χ1n) is 7.90. The number of sulfonamides is 1. The summed E-state index contributed by atoms with van der Waals surface area (Å²) in [6.07, 6.45) is 0. The molecule has 0 aliphatic carbocycles. The molecular weight excluding hydrogens is 376 g/mol. The van der Waals surface area contributed by atoms with Crippen LogP contribution >= 0.6 is 11.6 Å². The number of carbonyl (C=O) groups excluding carboxylic acids is 1. The van der Waals surface area contributed by atoms with E-state index in [0.717, 1.165) is 4.31 Å². The highest BCUT2D eigenvalue weighted by Gasteiger charge is 2.23. The number of nitrogens with one attached hydrogen (secondary N) is 1. The van der Waals surface area contributed by atoms with Crippen molar-refractivity contribution in [2.75, 3.05) is 25.1 Å². The van der Waals surface area contributed by atoms with E-state index >= 15 is 0 Å². The van der Waals surface area contributed by atoms with Crippen LogP contribution in [0.4, 0.5) is 5.69 Å². The largest absolute Gasteiger partial charge is 0.383 e. The van der Waals surface area contributed by atoms with Gasteiger partial charge in [0.1, 0.15) is 0 Å². The molecule has 8 heteroatoms. The van der Waals surface area contributed by atoms with Crippen molar-refractivity contribution in [3.05, 3.63) is 59.1 Å². The van der Waals surface area contributed by atoms with Crippen molar-refractivity contribution in [1.82, 2.24) is 5.32 Å². The van der Waals surface area contributed by atoms with E-state index in [-0.39, 0.29) is 22.4 Å². The molecule has 1 N–H and O–H groups in total. The molecule has 0 spiro atoms. The Labute approximate surface area is 158 Å². The lowest BCUT2D eigenvalue weighted by Crippen LogP contribution is -2.35. The van der Waals surface area contributed by atoms with Crippen molar-refractivity contribution in [2.45, 2.75) is 17.9 Å². The van der Waals surface area contributed by atoms with Crippen molar-refractivity contribution in [1.29, 1.82) is 0 Å². The Morgan fingerprint density at radius 3 is 2.58 bits per heavy atom. The fraction of sp³-hybridized carbons (Fsp3) is 0.278. The fourth-order valence-electron chi connectivity index (χ4n) is 2.37. The Kier molecular flexibility index (Phi) is 6.63.